The molecule has 1 N–H and O–H groups in total. The molecule has 0 amide bonds. The molecule has 2 unspecified atom stereocenters. The predicted molar refractivity (Wildman–Crippen MR) is 79.8 cm³/mol. The molecule has 7 heteroatoms. The van der Waals surface area contributed by atoms with Gasteiger partial charge in [-0.05, 0) is 18.1 Å². The third-order valence-electron chi connectivity index (χ3n) is 3.89. The van der Waals surface area contributed by atoms with Crippen molar-refractivity contribution in [3.05, 3.63) is 24.3 Å². The Bertz CT molecular complexity index is 642. The van der Waals surface area contributed by atoms with Gasteiger partial charge in [-0.1, -0.05) is 19.1 Å². The van der Waals surface area contributed by atoms with E-state index in [4.69, 9.17) is 0 Å². The predicted octanol–water partition coefficient (Wildman–Crippen LogP) is 1.09. The fourth-order valence-electron chi connectivity index (χ4n) is 2.62. The minimum Gasteiger partial charge on any atom is -0.481 e. The fourth-order valence-corrected chi connectivity index (χ4v) is 3.72. The summed E-state index contributed by atoms with van der Waals surface area (Å²) < 4.78 is 25.9. The minimum absolute atomic E-state index is 0.0161. The van der Waals surface area contributed by atoms with E-state index in [9.17, 15) is 18.3 Å². The molecule has 0 saturated carbocycles. The topological polar surface area (TPSA) is 77.9 Å². The van der Waals surface area contributed by atoms with Crippen LogP contribution in [0, 0.1) is 11.8 Å². The van der Waals surface area contributed by atoms with E-state index in [1.54, 1.807) is 24.3 Å². The number of hydrogen-bond acceptors (Lipinski definition) is 4. The summed E-state index contributed by atoms with van der Waals surface area (Å²) in [5.41, 5.74) is 0.571. The van der Waals surface area contributed by atoms with Crippen molar-refractivity contribution < 1.29 is 18.3 Å². The lowest BCUT2D eigenvalue weighted by atomic mass is 9.99. The summed E-state index contributed by atoms with van der Waals surface area (Å²) >= 11 is 0. The van der Waals surface area contributed by atoms with Gasteiger partial charge in [0.05, 0.1) is 11.6 Å². The van der Waals surface area contributed by atoms with Crippen molar-refractivity contribution in [1.82, 2.24) is 4.31 Å². The molecule has 1 heterocycles. The van der Waals surface area contributed by atoms with E-state index >= 15 is 0 Å². The molecular formula is C14H20N2O4S. The first-order valence-corrected chi connectivity index (χ1v) is 8.18. The molecule has 21 heavy (non-hydrogen) atoms. The summed E-state index contributed by atoms with van der Waals surface area (Å²) in [5, 5.41) is 9.21. The molecule has 0 spiro atoms. The van der Waals surface area contributed by atoms with Crippen LogP contribution in [-0.2, 0) is 14.8 Å². The van der Waals surface area contributed by atoms with Crippen molar-refractivity contribution >= 4 is 21.7 Å². The molecular weight excluding hydrogens is 292 g/mol. The van der Waals surface area contributed by atoms with Crippen molar-refractivity contribution in [1.29, 1.82) is 0 Å². The highest BCUT2D eigenvalue weighted by molar-refractivity contribution is 7.89. The van der Waals surface area contributed by atoms with Crippen LogP contribution in [0.1, 0.15) is 6.92 Å². The van der Waals surface area contributed by atoms with Crippen LogP contribution in [0.5, 0.6) is 0 Å². The summed E-state index contributed by atoms with van der Waals surface area (Å²) in [7, 11) is -0.586. The Labute approximate surface area is 125 Å². The lowest BCUT2D eigenvalue weighted by Crippen LogP contribution is -2.27. The van der Waals surface area contributed by atoms with Gasteiger partial charge in [0.25, 0.3) is 0 Å². The minimum atomic E-state index is -3.56. The smallest absolute Gasteiger partial charge is 0.308 e. The normalized spacial score (nSPS) is 22.8. The zero-order valence-corrected chi connectivity index (χ0v) is 13.2. The number of rotatable bonds is 4. The molecule has 0 aromatic heterocycles. The number of para-hydroxylation sites is 1. The van der Waals surface area contributed by atoms with Crippen molar-refractivity contribution in [2.45, 2.75) is 11.8 Å². The maximum absolute atomic E-state index is 12.4. The average molecular weight is 312 g/mol. The van der Waals surface area contributed by atoms with Gasteiger partial charge in [-0.3, -0.25) is 4.79 Å². The third-order valence-corrected chi connectivity index (χ3v) is 5.76. The molecule has 1 fully saturated rings. The Morgan fingerprint density at radius 1 is 1.29 bits per heavy atom. The zero-order chi connectivity index (χ0) is 15.8. The van der Waals surface area contributed by atoms with Gasteiger partial charge in [0.1, 0.15) is 4.90 Å². The summed E-state index contributed by atoms with van der Waals surface area (Å²) in [4.78, 5) is 13.3. The lowest BCUT2D eigenvalue weighted by molar-refractivity contribution is -0.142. The van der Waals surface area contributed by atoms with E-state index in [1.165, 1.54) is 18.4 Å². The first-order valence-electron chi connectivity index (χ1n) is 6.74. The molecule has 1 aromatic rings. The van der Waals surface area contributed by atoms with Gasteiger partial charge >= 0.3 is 5.97 Å². The molecule has 2 rings (SSSR count). The lowest BCUT2D eigenvalue weighted by Gasteiger charge is -2.23. The monoisotopic (exact) mass is 312 g/mol. The van der Waals surface area contributed by atoms with Crippen molar-refractivity contribution in [3.8, 4) is 0 Å². The van der Waals surface area contributed by atoms with Crippen LogP contribution in [0.25, 0.3) is 0 Å². The Morgan fingerprint density at radius 2 is 1.90 bits per heavy atom. The quantitative estimate of drug-likeness (QED) is 0.900. The van der Waals surface area contributed by atoms with E-state index in [0.29, 0.717) is 18.8 Å². The molecule has 0 bridgehead atoms. The van der Waals surface area contributed by atoms with Gasteiger partial charge < -0.3 is 10.0 Å². The van der Waals surface area contributed by atoms with Gasteiger partial charge in [0.15, 0.2) is 0 Å². The Morgan fingerprint density at radius 3 is 2.43 bits per heavy atom. The number of hydrogen-bond donors (Lipinski definition) is 1. The molecule has 6 nitrogen and oxygen atoms in total. The first-order chi connectivity index (χ1) is 9.75. The number of nitrogens with zero attached hydrogens (tertiary/aromatic N) is 2. The maximum Gasteiger partial charge on any atom is 0.308 e. The third kappa shape index (κ3) is 2.89. The zero-order valence-electron chi connectivity index (χ0n) is 12.4. The van der Waals surface area contributed by atoms with Crippen LogP contribution in [0.3, 0.4) is 0 Å². The summed E-state index contributed by atoms with van der Waals surface area (Å²) in [6.45, 7) is 2.75. The average Bonchev–Trinajstić information content (AvgIpc) is 2.80. The van der Waals surface area contributed by atoms with Crippen molar-refractivity contribution in [3.63, 3.8) is 0 Å². The van der Waals surface area contributed by atoms with Gasteiger partial charge in [-0.25, -0.2) is 12.7 Å². The van der Waals surface area contributed by atoms with Crippen molar-refractivity contribution in [2.24, 2.45) is 11.8 Å². The van der Waals surface area contributed by atoms with E-state index in [-0.39, 0.29) is 10.8 Å². The molecule has 0 radical (unpaired) electrons. The largest absolute Gasteiger partial charge is 0.481 e. The molecule has 116 valence electrons. The highest BCUT2D eigenvalue weighted by Gasteiger charge is 2.36. The maximum atomic E-state index is 12.4. The molecule has 1 aliphatic rings. The SMILES string of the molecule is CC1CN(c2ccccc2S(=O)(=O)N(C)C)CC1C(=O)O. The highest BCUT2D eigenvalue weighted by atomic mass is 32.2. The molecule has 0 aliphatic carbocycles. The number of aliphatic carboxylic acids is 1. The number of benzene rings is 1. The van der Waals surface area contributed by atoms with Gasteiger partial charge in [-0.15, -0.1) is 0 Å². The van der Waals surface area contributed by atoms with Crippen molar-refractivity contribution in [2.75, 3.05) is 32.1 Å². The van der Waals surface area contributed by atoms with Crippen LogP contribution in [0.2, 0.25) is 0 Å². The number of carboxylic acids is 1. The van der Waals surface area contributed by atoms with Crippen LogP contribution in [0.4, 0.5) is 5.69 Å². The molecule has 1 saturated heterocycles. The van der Waals surface area contributed by atoms with Crippen LogP contribution in [-0.4, -0.2) is 51.0 Å². The summed E-state index contributed by atoms with van der Waals surface area (Å²) in [5.74, 6) is -1.32. The number of anilines is 1. The molecule has 1 aromatic carbocycles. The van der Waals surface area contributed by atoms with E-state index in [2.05, 4.69) is 0 Å². The number of carbonyl (C=O) groups is 1. The Kier molecular flexibility index (Phi) is 4.25. The first kappa shape index (κ1) is 15.8. The van der Waals surface area contributed by atoms with Crippen LogP contribution >= 0.6 is 0 Å². The van der Waals surface area contributed by atoms with E-state index < -0.39 is 21.9 Å². The summed E-state index contributed by atoms with van der Waals surface area (Å²) in [6, 6.07) is 6.73. The fraction of sp³-hybridized carbons (Fsp3) is 0.500. The second-order valence-electron chi connectivity index (χ2n) is 5.58. The summed E-state index contributed by atoms with van der Waals surface area (Å²) in [6.07, 6.45) is 0. The molecule has 1 aliphatic heterocycles. The second kappa shape index (κ2) is 5.65. The standard InChI is InChI=1S/C14H20N2O4S/c1-10-8-16(9-11(10)14(17)18)12-6-4-5-7-13(12)21(19,20)15(2)3/h4-7,10-11H,8-9H2,1-3H3,(H,17,18). The Balaban J connectivity index is 2.41. The molecule has 2 atom stereocenters. The number of carboxylic acid groups (broad SMARTS) is 1. The van der Waals surface area contributed by atoms with Gasteiger partial charge in [-0.2, -0.15) is 0 Å². The Hall–Kier alpha value is -1.60. The van der Waals surface area contributed by atoms with Gasteiger partial charge in [0.2, 0.25) is 10.0 Å². The highest BCUT2D eigenvalue weighted by Crippen LogP contribution is 2.33. The van der Waals surface area contributed by atoms with Crippen LogP contribution in [0.15, 0.2) is 29.2 Å². The second-order valence-corrected chi connectivity index (χ2v) is 7.70. The van der Waals surface area contributed by atoms with E-state index in [0.717, 1.165) is 0 Å². The van der Waals surface area contributed by atoms with Crippen LogP contribution < -0.4 is 4.90 Å². The van der Waals surface area contributed by atoms with E-state index in [1.807, 2.05) is 11.8 Å². The van der Waals surface area contributed by atoms with Gasteiger partial charge in [0, 0.05) is 27.2 Å². The number of sulfonamides is 1.